The zero-order chi connectivity index (χ0) is 10.4. The predicted octanol–water partition coefficient (Wildman–Crippen LogP) is 1.67. The third kappa shape index (κ3) is 3.25. The fourth-order valence-electron chi connectivity index (χ4n) is 1.56. The van der Waals surface area contributed by atoms with Crippen LogP contribution in [0, 0.1) is 0 Å². The van der Waals surface area contributed by atoms with Gasteiger partial charge in [-0.1, -0.05) is 32.6 Å². The maximum atomic E-state index is 11.3. The van der Waals surface area contributed by atoms with Crippen LogP contribution in [0.25, 0.3) is 0 Å². The van der Waals surface area contributed by atoms with Crippen LogP contribution < -0.4 is 5.32 Å². The van der Waals surface area contributed by atoms with Gasteiger partial charge in [0.05, 0.1) is 6.54 Å². The van der Waals surface area contributed by atoms with Crippen molar-refractivity contribution in [2.45, 2.75) is 39.0 Å². The molecule has 0 aromatic heterocycles. The van der Waals surface area contributed by atoms with E-state index in [1.54, 1.807) is 4.90 Å². The van der Waals surface area contributed by atoms with Gasteiger partial charge in [0.2, 0.25) is 5.91 Å². The first-order chi connectivity index (χ1) is 6.75. The van der Waals surface area contributed by atoms with Gasteiger partial charge in [-0.15, -0.1) is 0 Å². The van der Waals surface area contributed by atoms with E-state index in [-0.39, 0.29) is 5.91 Å². The largest absolute Gasteiger partial charge is 0.353 e. The molecular weight excluding hydrogens is 196 g/mol. The molecule has 0 bridgehead atoms. The van der Waals surface area contributed by atoms with Crippen LogP contribution in [-0.4, -0.2) is 29.0 Å². The Labute approximate surface area is 90.8 Å². The van der Waals surface area contributed by atoms with Gasteiger partial charge in [-0.25, -0.2) is 0 Å². The molecule has 80 valence electrons. The Kier molecular flexibility index (Phi) is 4.87. The molecule has 0 unspecified atom stereocenters. The number of nitrogens with one attached hydrogen (secondary N) is 1. The Balaban J connectivity index is 2.11. The highest BCUT2D eigenvalue weighted by Crippen LogP contribution is 2.06. The summed E-state index contributed by atoms with van der Waals surface area (Å²) in [5.41, 5.74) is 0. The molecule has 1 fully saturated rings. The van der Waals surface area contributed by atoms with Crippen LogP contribution in [-0.2, 0) is 4.79 Å². The molecular formula is C10H18N2OS. The van der Waals surface area contributed by atoms with E-state index in [4.69, 9.17) is 12.2 Å². The molecule has 1 amide bonds. The summed E-state index contributed by atoms with van der Waals surface area (Å²) in [5.74, 6) is 0.116. The van der Waals surface area contributed by atoms with E-state index in [0.29, 0.717) is 11.7 Å². The van der Waals surface area contributed by atoms with Gasteiger partial charge < -0.3 is 5.32 Å². The van der Waals surface area contributed by atoms with Crippen LogP contribution in [0.2, 0.25) is 0 Å². The summed E-state index contributed by atoms with van der Waals surface area (Å²) in [6.07, 6.45) is 6.06. The van der Waals surface area contributed by atoms with E-state index in [1.807, 2.05) is 0 Å². The summed E-state index contributed by atoms with van der Waals surface area (Å²) in [4.78, 5) is 13.0. The summed E-state index contributed by atoms with van der Waals surface area (Å²) in [7, 11) is 0. The minimum atomic E-state index is 0.116. The maximum absolute atomic E-state index is 11.3. The van der Waals surface area contributed by atoms with E-state index in [2.05, 4.69) is 12.2 Å². The zero-order valence-electron chi connectivity index (χ0n) is 8.71. The monoisotopic (exact) mass is 214 g/mol. The lowest BCUT2D eigenvalue weighted by atomic mass is 10.1. The van der Waals surface area contributed by atoms with Gasteiger partial charge in [0.25, 0.3) is 0 Å². The molecule has 1 aliphatic rings. The summed E-state index contributed by atoms with van der Waals surface area (Å²) in [6, 6.07) is 0. The van der Waals surface area contributed by atoms with Crippen molar-refractivity contribution in [3.8, 4) is 0 Å². The lowest BCUT2D eigenvalue weighted by molar-refractivity contribution is -0.124. The zero-order valence-corrected chi connectivity index (χ0v) is 9.53. The lowest BCUT2D eigenvalue weighted by Crippen LogP contribution is -2.31. The lowest BCUT2D eigenvalue weighted by Gasteiger charge is -2.13. The van der Waals surface area contributed by atoms with Crippen molar-refractivity contribution in [2.24, 2.45) is 0 Å². The summed E-state index contributed by atoms with van der Waals surface area (Å²) < 4.78 is 0. The molecule has 3 nitrogen and oxygen atoms in total. The molecule has 0 atom stereocenters. The normalized spacial score (nSPS) is 16.2. The van der Waals surface area contributed by atoms with Crippen LogP contribution in [0.3, 0.4) is 0 Å². The SMILES string of the molecule is CCCCCCCN1C(=O)CNC1=S. The number of amides is 1. The molecule has 1 aliphatic heterocycles. The van der Waals surface area contributed by atoms with Gasteiger partial charge in [0.15, 0.2) is 5.11 Å². The highest BCUT2D eigenvalue weighted by Gasteiger charge is 2.23. The van der Waals surface area contributed by atoms with E-state index >= 15 is 0 Å². The number of thiocarbonyl (C=S) groups is 1. The smallest absolute Gasteiger partial charge is 0.248 e. The van der Waals surface area contributed by atoms with Crippen molar-refractivity contribution in [1.82, 2.24) is 10.2 Å². The second-order valence-electron chi connectivity index (χ2n) is 3.62. The van der Waals surface area contributed by atoms with Crippen molar-refractivity contribution < 1.29 is 4.79 Å². The molecule has 0 aromatic carbocycles. The average molecular weight is 214 g/mol. The van der Waals surface area contributed by atoms with E-state index in [1.165, 1.54) is 25.7 Å². The Hall–Kier alpha value is -0.640. The van der Waals surface area contributed by atoms with Gasteiger partial charge in [0, 0.05) is 6.54 Å². The number of hydrogen-bond donors (Lipinski definition) is 1. The Bertz CT molecular complexity index is 202. The van der Waals surface area contributed by atoms with Gasteiger partial charge in [-0.2, -0.15) is 0 Å². The molecule has 1 saturated heterocycles. The van der Waals surface area contributed by atoms with Crippen molar-refractivity contribution in [1.29, 1.82) is 0 Å². The number of rotatable bonds is 6. The molecule has 1 heterocycles. The minimum absolute atomic E-state index is 0.116. The molecule has 1 rings (SSSR count). The molecule has 14 heavy (non-hydrogen) atoms. The predicted molar refractivity (Wildman–Crippen MR) is 61.1 cm³/mol. The third-order valence-electron chi connectivity index (χ3n) is 2.42. The molecule has 4 heteroatoms. The van der Waals surface area contributed by atoms with E-state index in [0.717, 1.165) is 13.0 Å². The Morgan fingerprint density at radius 3 is 2.64 bits per heavy atom. The van der Waals surface area contributed by atoms with Crippen molar-refractivity contribution >= 4 is 23.2 Å². The van der Waals surface area contributed by atoms with E-state index < -0.39 is 0 Å². The van der Waals surface area contributed by atoms with Gasteiger partial charge >= 0.3 is 0 Å². The summed E-state index contributed by atoms with van der Waals surface area (Å²) in [5, 5.41) is 3.48. The van der Waals surface area contributed by atoms with Crippen LogP contribution in [0.5, 0.6) is 0 Å². The molecule has 0 aliphatic carbocycles. The third-order valence-corrected chi connectivity index (χ3v) is 2.79. The fourth-order valence-corrected chi connectivity index (χ4v) is 1.82. The minimum Gasteiger partial charge on any atom is -0.353 e. The van der Waals surface area contributed by atoms with Crippen molar-refractivity contribution in [3.63, 3.8) is 0 Å². The highest BCUT2D eigenvalue weighted by molar-refractivity contribution is 7.80. The van der Waals surface area contributed by atoms with Crippen molar-refractivity contribution in [2.75, 3.05) is 13.1 Å². The Morgan fingerprint density at radius 2 is 2.07 bits per heavy atom. The Morgan fingerprint density at radius 1 is 1.36 bits per heavy atom. The average Bonchev–Trinajstić information content (AvgIpc) is 2.48. The number of nitrogens with zero attached hydrogens (tertiary/aromatic N) is 1. The van der Waals surface area contributed by atoms with Gasteiger partial charge in [-0.3, -0.25) is 9.69 Å². The summed E-state index contributed by atoms with van der Waals surface area (Å²) in [6.45, 7) is 3.37. The number of carbonyl (C=O) groups excluding carboxylic acids is 1. The number of unbranched alkanes of at least 4 members (excludes halogenated alkanes) is 4. The van der Waals surface area contributed by atoms with Crippen LogP contribution in [0.15, 0.2) is 0 Å². The number of hydrogen-bond acceptors (Lipinski definition) is 2. The van der Waals surface area contributed by atoms with Crippen molar-refractivity contribution in [3.05, 3.63) is 0 Å². The molecule has 0 radical (unpaired) electrons. The van der Waals surface area contributed by atoms with Gasteiger partial charge in [0.1, 0.15) is 0 Å². The highest BCUT2D eigenvalue weighted by atomic mass is 32.1. The second-order valence-corrected chi connectivity index (χ2v) is 4.00. The van der Waals surface area contributed by atoms with Crippen LogP contribution in [0.4, 0.5) is 0 Å². The first-order valence-corrected chi connectivity index (χ1v) is 5.74. The topological polar surface area (TPSA) is 32.3 Å². The fraction of sp³-hybridized carbons (Fsp3) is 0.800. The first kappa shape index (κ1) is 11.4. The first-order valence-electron chi connectivity index (χ1n) is 5.34. The maximum Gasteiger partial charge on any atom is 0.248 e. The molecule has 0 saturated carbocycles. The second kappa shape index (κ2) is 5.96. The quantitative estimate of drug-likeness (QED) is 0.539. The molecule has 0 spiro atoms. The standard InChI is InChI=1S/C10H18N2OS/c1-2-3-4-5-6-7-12-9(13)8-11-10(12)14/h2-8H2,1H3,(H,11,14). The number of carbonyl (C=O) groups is 1. The molecule has 1 N–H and O–H groups in total. The van der Waals surface area contributed by atoms with Crippen LogP contribution in [0.1, 0.15) is 39.0 Å². The van der Waals surface area contributed by atoms with Gasteiger partial charge in [-0.05, 0) is 18.6 Å². The van der Waals surface area contributed by atoms with Crippen LogP contribution >= 0.6 is 12.2 Å². The molecule has 0 aromatic rings. The summed E-state index contributed by atoms with van der Waals surface area (Å²) >= 11 is 5.01. The van der Waals surface area contributed by atoms with E-state index in [9.17, 15) is 4.79 Å².